The molecule has 2 aliphatic rings. The maximum absolute atomic E-state index is 12.5. The van der Waals surface area contributed by atoms with E-state index in [1.54, 1.807) is 31.3 Å². The molecule has 156 valence electrons. The number of imide groups is 1. The van der Waals surface area contributed by atoms with Crippen LogP contribution in [-0.2, 0) is 11.3 Å². The molecule has 2 aromatic carbocycles. The zero-order valence-electron chi connectivity index (χ0n) is 16.4. The Kier molecular flexibility index (Phi) is 5.80. The second-order valence-corrected chi connectivity index (χ2v) is 7.97. The number of nitrogens with zero attached hydrogens (tertiary/aromatic N) is 2. The summed E-state index contributed by atoms with van der Waals surface area (Å²) in [6.45, 7) is 0.976. The largest absolute Gasteiger partial charge is 0.486 e. The van der Waals surface area contributed by atoms with Crippen molar-refractivity contribution in [1.29, 1.82) is 0 Å². The van der Waals surface area contributed by atoms with Gasteiger partial charge in [0.2, 0.25) is 5.91 Å². The van der Waals surface area contributed by atoms with Crippen molar-refractivity contribution in [2.24, 2.45) is 0 Å². The first-order chi connectivity index (χ1) is 14.5. The van der Waals surface area contributed by atoms with Crippen LogP contribution in [0, 0.1) is 0 Å². The molecule has 0 aromatic heterocycles. The van der Waals surface area contributed by atoms with E-state index in [2.05, 4.69) is 5.32 Å². The summed E-state index contributed by atoms with van der Waals surface area (Å²) in [4.78, 5) is 38.7. The lowest BCUT2D eigenvalue weighted by Gasteiger charge is -2.29. The van der Waals surface area contributed by atoms with Gasteiger partial charge in [-0.3, -0.25) is 14.5 Å². The fourth-order valence-electron chi connectivity index (χ4n) is 3.17. The minimum atomic E-state index is -0.272. The summed E-state index contributed by atoms with van der Waals surface area (Å²) in [6.07, 6.45) is -0.258. The Morgan fingerprint density at radius 3 is 2.60 bits per heavy atom. The van der Waals surface area contributed by atoms with Crippen LogP contribution < -0.4 is 14.8 Å². The molecule has 8 nitrogen and oxygen atoms in total. The third-order valence-electron chi connectivity index (χ3n) is 4.78. The third-order valence-corrected chi connectivity index (χ3v) is 5.64. The van der Waals surface area contributed by atoms with Gasteiger partial charge in [0.15, 0.2) is 17.6 Å². The number of anilines is 1. The fraction of sp³-hybridized carbons (Fsp3) is 0.286. The second-order valence-electron chi connectivity index (χ2n) is 7.04. The van der Waals surface area contributed by atoms with Crippen LogP contribution in [0.15, 0.2) is 48.5 Å². The van der Waals surface area contributed by atoms with E-state index in [9.17, 15) is 14.4 Å². The highest BCUT2D eigenvalue weighted by atomic mass is 32.2. The standard InChI is InChI=1S/C21H21N3O5S/c1-23(11-16-12-28-17-4-2-3-5-18(17)29-16)20(26)22-15-8-6-14(7-9-15)10-24-19(25)13-30-21(24)27/h2-9,16H,10-13H2,1H3,(H,22,26). The van der Waals surface area contributed by atoms with Crippen molar-refractivity contribution < 1.29 is 23.9 Å². The number of hydrogen-bond acceptors (Lipinski definition) is 6. The van der Waals surface area contributed by atoms with Crippen LogP contribution in [0.5, 0.6) is 11.5 Å². The van der Waals surface area contributed by atoms with Crippen LogP contribution in [0.2, 0.25) is 0 Å². The maximum Gasteiger partial charge on any atom is 0.321 e. The third kappa shape index (κ3) is 4.51. The minimum Gasteiger partial charge on any atom is -0.486 e. The zero-order valence-corrected chi connectivity index (χ0v) is 17.2. The number of nitrogens with one attached hydrogen (secondary N) is 1. The van der Waals surface area contributed by atoms with E-state index < -0.39 is 0 Å². The smallest absolute Gasteiger partial charge is 0.321 e. The van der Waals surface area contributed by atoms with Crippen molar-refractivity contribution in [3.05, 3.63) is 54.1 Å². The number of para-hydroxylation sites is 2. The predicted molar refractivity (Wildman–Crippen MR) is 113 cm³/mol. The summed E-state index contributed by atoms with van der Waals surface area (Å²) in [5, 5.41) is 2.60. The highest BCUT2D eigenvalue weighted by Crippen LogP contribution is 2.31. The lowest BCUT2D eigenvalue weighted by molar-refractivity contribution is -0.125. The second kappa shape index (κ2) is 8.66. The van der Waals surface area contributed by atoms with Crippen molar-refractivity contribution >= 4 is 34.6 Å². The Morgan fingerprint density at radius 2 is 1.90 bits per heavy atom. The van der Waals surface area contributed by atoms with Crippen LogP contribution in [0.1, 0.15) is 5.56 Å². The molecule has 2 heterocycles. The van der Waals surface area contributed by atoms with Gasteiger partial charge in [-0.25, -0.2) is 4.79 Å². The quantitative estimate of drug-likeness (QED) is 0.789. The average molecular weight is 427 g/mol. The van der Waals surface area contributed by atoms with Gasteiger partial charge >= 0.3 is 6.03 Å². The summed E-state index contributed by atoms with van der Waals surface area (Å²) in [7, 11) is 1.69. The van der Waals surface area contributed by atoms with Gasteiger partial charge < -0.3 is 19.7 Å². The summed E-state index contributed by atoms with van der Waals surface area (Å²) in [5.41, 5.74) is 1.44. The topological polar surface area (TPSA) is 88.2 Å². The molecular weight excluding hydrogens is 406 g/mol. The van der Waals surface area contributed by atoms with Gasteiger partial charge in [0.1, 0.15) is 6.61 Å². The Balaban J connectivity index is 1.29. The zero-order chi connectivity index (χ0) is 21.1. The van der Waals surface area contributed by atoms with Gasteiger partial charge in [0.25, 0.3) is 5.24 Å². The van der Waals surface area contributed by atoms with E-state index in [4.69, 9.17) is 9.47 Å². The number of likely N-dealkylation sites (N-methyl/N-ethyl adjacent to an activating group) is 1. The number of benzene rings is 2. The molecule has 9 heteroatoms. The first kappa shape index (κ1) is 20.1. The van der Waals surface area contributed by atoms with Crippen molar-refractivity contribution in [3.8, 4) is 11.5 Å². The minimum absolute atomic E-state index is 0.180. The molecule has 4 rings (SSSR count). The normalized spacial score (nSPS) is 17.8. The van der Waals surface area contributed by atoms with Crippen molar-refractivity contribution in [1.82, 2.24) is 9.80 Å². The lowest BCUT2D eigenvalue weighted by atomic mass is 10.2. The van der Waals surface area contributed by atoms with Crippen LogP contribution in [0.25, 0.3) is 0 Å². The van der Waals surface area contributed by atoms with E-state index in [1.165, 1.54) is 9.80 Å². The van der Waals surface area contributed by atoms with Gasteiger partial charge in [0, 0.05) is 12.7 Å². The molecule has 0 saturated carbocycles. The summed E-state index contributed by atoms with van der Waals surface area (Å²) in [5.74, 6) is 1.39. The lowest BCUT2D eigenvalue weighted by Crippen LogP contribution is -2.43. The van der Waals surface area contributed by atoms with Crippen molar-refractivity contribution in [2.45, 2.75) is 12.6 Å². The predicted octanol–water partition coefficient (Wildman–Crippen LogP) is 3.19. The molecule has 2 aromatic rings. The van der Waals surface area contributed by atoms with Gasteiger partial charge in [-0.1, -0.05) is 36.0 Å². The number of thioether (sulfide) groups is 1. The summed E-state index contributed by atoms with van der Waals surface area (Å²) in [6, 6.07) is 14.2. The molecular formula is C21H21N3O5S. The Bertz CT molecular complexity index is 949. The molecule has 1 N–H and O–H groups in total. The highest BCUT2D eigenvalue weighted by Gasteiger charge is 2.29. The fourth-order valence-corrected chi connectivity index (χ4v) is 3.90. The molecule has 2 aliphatic heterocycles. The van der Waals surface area contributed by atoms with Gasteiger partial charge in [-0.2, -0.15) is 0 Å². The Hall–Kier alpha value is -3.20. The number of ether oxygens (including phenoxy) is 2. The van der Waals surface area contributed by atoms with E-state index >= 15 is 0 Å². The van der Waals surface area contributed by atoms with Crippen LogP contribution >= 0.6 is 11.8 Å². The number of carbonyl (C=O) groups is 3. The Labute approximate surface area is 178 Å². The summed E-state index contributed by atoms with van der Waals surface area (Å²) < 4.78 is 11.6. The number of fused-ring (bicyclic) bond motifs is 1. The molecule has 0 spiro atoms. The first-order valence-electron chi connectivity index (χ1n) is 9.46. The molecule has 0 aliphatic carbocycles. The van der Waals surface area contributed by atoms with E-state index in [0.29, 0.717) is 30.3 Å². The number of carbonyl (C=O) groups excluding carboxylic acids is 3. The van der Waals surface area contributed by atoms with E-state index in [0.717, 1.165) is 17.3 Å². The van der Waals surface area contributed by atoms with Crippen molar-refractivity contribution in [3.63, 3.8) is 0 Å². The molecule has 1 atom stereocenters. The number of rotatable bonds is 5. The maximum atomic E-state index is 12.5. The monoisotopic (exact) mass is 427 g/mol. The molecule has 1 saturated heterocycles. The summed E-state index contributed by atoms with van der Waals surface area (Å²) >= 11 is 1.01. The molecule has 4 amide bonds. The Morgan fingerprint density at radius 1 is 1.17 bits per heavy atom. The number of urea groups is 1. The molecule has 30 heavy (non-hydrogen) atoms. The van der Waals surface area contributed by atoms with Crippen LogP contribution in [-0.4, -0.2) is 59.0 Å². The van der Waals surface area contributed by atoms with E-state index in [-0.39, 0.29) is 35.6 Å². The number of hydrogen-bond donors (Lipinski definition) is 1. The van der Waals surface area contributed by atoms with Gasteiger partial charge in [-0.15, -0.1) is 0 Å². The van der Waals surface area contributed by atoms with Gasteiger partial charge in [0.05, 0.1) is 18.8 Å². The van der Waals surface area contributed by atoms with Crippen LogP contribution in [0.4, 0.5) is 15.3 Å². The highest BCUT2D eigenvalue weighted by molar-refractivity contribution is 8.14. The number of amides is 4. The van der Waals surface area contributed by atoms with Crippen molar-refractivity contribution in [2.75, 3.05) is 31.3 Å². The van der Waals surface area contributed by atoms with Crippen LogP contribution in [0.3, 0.4) is 0 Å². The molecule has 1 unspecified atom stereocenters. The SMILES string of the molecule is CN(CC1COc2ccccc2O1)C(=O)Nc1ccc(CN2C(=O)CSC2=O)cc1. The first-order valence-corrected chi connectivity index (χ1v) is 10.4. The average Bonchev–Trinajstić information content (AvgIpc) is 3.07. The molecule has 0 bridgehead atoms. The van der Waals surface area contributed by atoms with Gasteiger partial charge in [-0.05, 0) is 29.8 Å². The van der Waals surface area contributed by atoms with E-state index in [1.807, 2.05) is 24.3 Å². The molecule has 0 radical (unpaired) electrons. The molecule has 1 fully saturated rings.